The average molecular weight is 530 g/mol. The van der Waals surface area contributed by atoms with Crippen molar-refractivity contribution in [2.24, 2.45) is 0 Å². The van der Waals surface area contributed by atoms with E-state index in [2.05, 4.69) is 59.2 Å². The summed E-state index contributed by atoms with van der Waals surface area (Å²) in [4.78, 5) is 14.7. The lowest BCUT2D eigenvalue weighted by Crippen LogP contribution is -2.33. The van der Waals surface area contributed by atoms with Crippen molar-refractivity contribution in [2.45, 2.75) is 18.8 Å². The first kappa shape index (κ1) is 27.8. The second-order valence-corrected chi connectivity index (χ2v) is 9.93. The molecular weight excluding hydrogens is 495 g/mol. The molecule has 3 aromatic carbocycles. The molecule has 1 atom stereocenters. The quantitative estimate of drug-likeness (QED) is 0.211. The number of carbonyl (C=O) groups is 1. The molecule has 0 saturated heterocycles. The number of phenols is 1. The predicted molar refractivity (Wildman–Crippen MR) is 150 cm³/mol. The number of halogens is 2. The summed E-state index contributed by atoms with van der Waals surface area (Å²) in [5, 5.41) is 19.8. The van der Waals surface area contributed by atoms with Gasteiger partial charge in [-0.2, -0.15) is 0 Å². The molecule has 0 bridgehead atoms. The lowest BCUT2D eigenvalue weighted by molar-refractivity contribution is 0.251. The van der Waals surface area contributed by atoms with E-state index in [0.29, 0.717) is 22.3 Å². The predicted octanol–water partition coefficient (Wildman–Crippen LogP) is 6.20. The SMILES string of the molecule is CN(C)CCCNCCC(CNC(=O)Nc1cc(Cl)cc(Cl)c1)c1ccc(-c2ccc(O)cc2)cc1. The van der Waals surface area contributed by atoms with E-state index in [0.717, 1.165) is 49.2 Å². The highest BCUT2D eigenvalue weighted by molar-refractivity contribution is 6.35. The van der Waals surface area contributed by atoms with Crippen molar-refractivity contribution in [3.8, 4) is 16.9 Å². The van der Waals surface area contributed by atoms with Crippen LogP contribution in [0.1, 0.15) is 24.3 Å². The number of benzene rings is 3. The molecule has 0 aliphatic carbocycles. The van der Waals surface area contributed by atoms with Gasteiger partial charge in [-0.05, 0) is 93.6 Å². The van der Waals surface area contributed by atoms with Gasteiger partial charge in [0.05, 0.1) is 0 Å². The van der Waals surface area contributed by atoms with E-state index in [-0.39, 0.29) is 17.7 Å². The zero-order valence-corrected chi connectivity index (χ0v) is 22.2. The van der Waals surface area contributed by atoms with Gasteiger partial charge in [0.15, 0.2) is 0 Å². The Kier molecular flexibility index (Phi) is 10.9. The number of carbonyl (C=O) groups excluding carboxylic acids is 1. The normalized spacial score (nSPS) is 11.9. The maximum atomic E-state index is 12.6. The molecule has 8 heteroatoms. The van der Waals surface area contributed by atoms with E-state index in [9.17, 15) is 9.90 Å². The van der Waals surface area contributed by atoms with Crippen LogP contribution in [0.4, 0.5) is 10.5 Å². The van der Waals surface area contributed by atoms with E-state index in [4.69, 9.17) is 23.2 Å². The topological polar surface area (TPSA) is 76.6 Å². The second-order valence-electron chi connectivity index (χ2n) is 9.05. The Balaban J connectivity index is 1.62. The van der Waals surface area contributed by atoms with Crippen LogP contribution in [0.5, 0.6) is 5.75 Å². The molecule has 4 N–H and O–H groups in total. The summed E-state index contributed by atoms with van der Waals surface area (Å²) in [6, 6.07) is 20.2. The molecule has 36 heavy (non-hydrogen) atoms. The van der Waals surface area contributed by atoms with Crippen LogP contribution < -0.4 is 16.0 Å². The fraction of sp³-hybridized carbons (Fsp3) is 0.321. The number of nitrogens with zero attached hydrogens (tertiary/aromatic N) is 1. The Morgan fingerprint density at radius 2 is 1.53 bits per heavy atom. The summed E-state index contributed by atoms with van der Waals surface area (Å²) in [6.45, 7) is 3.33. The fourth-order valence-corrected chi connectivity index (χ4v) is 4.45. The second kappa shape index (κ2) is 14.1. The van der Waals surface area contributed by atoms with Gasteiger partial charge >= 0.3 is 6.03 Å². The van der Waals surface area contributed by atoms with Crippen molar-refractivity contribution in [2.75, 3.05) is 45.6 Å². The maximum Gasteiger partial charge on any atom is 0.319 e. The molecule has 6 nitrogen and oxygen atoms in total. The van der Waals surface area contributed by atoms with E-state index < -0.39 is 0 Å². The fourth-order valence-electron chi connectivity index (χ4n) is 3.93. The highest BCUT2D eigenvalue weighted by Gasteiger charge is 2.14. The minimum atomic E-state index is -0.307. The first-order valence-electron chi connectivity index (χ1n) is 12.1. The van der Waals surface area contributed by atoms with E-state index in [1.807, 2.05) is 12.1 Å². The minimum absolute atomic E-state index is 0.133. The Bertz CT molecular complexity index is 1090. The molecule has 192 valence electrons. The number of nitrogens with one attached hydrogen (secondary N) is 3. The first-order valence-corrected chi connectivity index (χ1v) is 12.8. The summed E-state index contributed by atoms with van der Waals surface area (Å²) in [7, 11) is 4.15. The number of phenolic OH excluding ortho intramolecular Hbond substituents is 1. The molecule has 0 fully saturated rings. The number of anilines is 1. The summed E-state index contributed by atoms with van der Waals surface area (Å²) in [6.07, 6.45) is 1.96. The number of amides is 2. The molecule has 0 heterocycles. The molecule has 0 aliphatic rings. The number of hydrogen-bond acceptors (Lipinski definition) is 4. The van der Waals surface area contributed by atoms with Crippen LogP contribution in [-0.4, -0.2) is 56.3 Å². The number of hydrogen-bond donors (Lipinski definition) is 4. The van der Waals surface area contributed by atoms with Crippen LogP contribution in [0.3, 0.4) is 0 Å². The molecule has 2 amide bonds. The molecular formula is C28H34Cl2N4O2. The zero-order chi connectivity index (χ0) is 25.9. The number of aromatic hydroxyl groups is 1. The maximum absolute atomic E-state index is 12.6. The summed E-state index contributed by atoms with van der Waals surface area (Å²) < 4.78 is 0. The smallest absolute Gasteiger partial charge is 0.319 e. The molecule has 0 spiro atoms. The van der Waals surface area contributed by atoms with Crippen LogP contribution in [0, 0.1) is 0 Å². The van der Waals surface area contributed by atoms with Gasteiger partial charge in [-0.3, -0.25) is 0 Å². The highest BCUT2D eigenvalue weighted by Crippen LogP contribution is 2.26. The van der Waals surface area contributed by atoms with Crippen LogP contribution in [-0.2, 0) is 0 Å². The van der Waals surface area contributed by atoms with Gasteiger partial charge in [-0.25, -0.2) is 4.79 Å². The van der Waals surface area contributed by atoms with Gasteiger partial charge in [0.2, 0.25) is 0 Å². The van der Waals surface area contributed by atoms with Crippen molar-refractivity contribution in [3.63, 3.8) is 0 Å². The van der Waals surface area contributed by atoms with Gasteiger partial charge in [0.25, 0.3) is 0 Å². The van der Waals surface area contributed by atoms with Gasteiger partial charge in [0, 0.05) is 28.2 Å². The third-order valence-corrected chi connectivity index (χ3v) is 6.28. The minimum Gasteiger partial charge on any atom is -0.508 e. The lowest BCUT2D eigenvalue weighted by atomic mass is 9.93. The zero-order valence-electron chi connectivity index (χ0n) is 20.7. The van der Waals surface area contributed by atoms with Crippen molar-refractivity contribution in [1.82, 2.24) is 15.5 Å². The summed E-state index contributed by atoms with van der Waals surface area (Å²) in [5.41, 5.74) is 3.81. The van der Waals surface area contributed by atoms with E-state index in [1.165, 1.54) is 0 Å². The first-order chi connectivity index (χ1) is 17.3. The van der Waals surface area contributed by atoms with E-state index in [1.54, 1.807) is 30.3 Å². The molecule has 0 radical (unpaired) electrons. The Hall–Kier alpha value is -2.77. The number of urea groups is 1. The van der Waals surface area contributed by atoms with Gasteiger partial charge in [-0.15, -0.1) is 0 Å². The molecule has 0 aromatic heterocycles. The summed E-state index contributed by atoms with van der Waals surface area (Å²) in [5.74, 6) is 0.381. The van der Waals surface area contributed by atoms with Crippen LogP contribution in [0.15, 0.2) is 66.7 Å². The van der Waals surface area contributed by atoms with Crippen molar-refractivity contribution in [1.29, 1.82) is 0 Å². The molecule has 0 saturated carbocycles. The molecule has 1 unspecified atom stereocenters. The molecule has 3 rings (SSSR count). The van der Waals surface area contributed by atoms with Crippen LogP contribution in [0.2, 0.25) is 10.0 Å². The summed E-state index contributed by atoms with van der Waals surface area (Å²) >= 11 is 12.1. The van der Waals surface area contributed by atoms with Gasteiger partial charge < -0.3 is 26.0 Å². The van der Waals surface area contributed by atoms with Crippen LogP contribution >= 0.6 is 23.2 Å². The number of rotatable bonds is 12. The highest BCUT2D eigenvalue weighted by atomic mass is 35.5. The average Bonchev–Trinajstić information content (AvgIpc) is 2.83. The third-order valence-electron chi connectivity index (χ3n) is 5.84. The Labute approximate surface area is 223 Å². The largest absolute Gasteiger partial charge is 0.508 e. The van der Waals surface area contributed by atoms with E-state index >= 15 is 0 Å². The standard InChI is InChI=1S/C28H34Cl2N4O2/c1-34(2)15-3-13-31-14-12-23(19-32-28(36)33-26-17-24(29)16-25(30)18-26)22-6-4-20(5-7-22)21-8-10-27(35)11-9-21/h4-11,16-18,23,31,35H,3,12-15,19H2,1-2H3,(H2,32,33,36). The van der Waals surface area contributed by atoms with Gasteiger partial charge in [0.1, 0.15) is 5.75 Å². The Morgan fingerprint density at radius 3 is 2.14 bits per heavy atom. The monoisotopic (exact) mass is 528 g/mol. The van der Waals surface area contributed by atoms with Crippen molar-refractivity contribution < 1.29 is 9.90 Å². The van der Waals surface area contributed by atoms with Crippen LogP contribution in [0.25, 0.3) is 11.1 Å². The van der Waals surface area contributed by atoms with Crippen molar-refractivity contribution >= 4 is 34.9 Å². The lowest BCUT2D eigenvalue weighted by Gasteiger charge is -2.20. The Morgan fingerprint density at radius 1 is 0.917 bits per heavy atom. The van der Waals surface area contributed by atoms with Crippen molar-refractivity contribution in [3.05, 3.63) is 82.3 Å². The van der Waals surface area contributed by atoms with Gasteiger partial charge in [-0.1, -0.05) is 59.6 Å². The molecule has 0 aliphatic heterocycles. The third kappa shape index (κ3) is 9.36. The molecule has 3 aromatic rings.